The molecule has 39 heavy (non-hydrogen) atoms. The molecule has 1 unspecified atom stereocenters. The molecule has 11 heteroatoms. The fourth-order valence-corrected chi connectivity index (χ4v) is 7.98. The Bertz CT molecular complexity index is 1320. The quantitative estimate of drug-likeness (QED) is 0.255. The summed E-state index contributed by atoms with van der Waals surface area (Å²) < 4.78 is 26.6. The lowest BCUT2D eigenvalue weighted by Gasteiger charge is -2.39. The maximum absolute atomic E-state index is 14.1. The van der Waals surface area contributed by atoms with Gasteiger partial charge in [0.25, 0.3) is 0 Å². The highest BCUT2D eigenvalue weighted by atomic mass is 35.5. The van der Waals surface area contributed by atoms with E-state index in [4.69, 9.17) is 46.4 Å². The first-order chi connectivity index (χ1) is 18.3. The highest BCUT2D eigenvalue weighted by Gasteiger charge is 2.42. The standard InChI is InChI=1S/C28H35BCl4N2O3S/c1-28(20-5-9-24(31)26(33)17-20,27(36)29(2)18-19-4-8-23(30)25(32)16-19)12-15-34-13-10-22(11-14-34)35(21-6-7-21)39(3,37)38/h4-5,8-9,16-17,21-22H,6-7,10-15,18H2,1-3H3. The molecule has 0 bridgehead atoms. The van der Waals surface area contributed by atoms with E-state index in [2.05, 4.69) is 4.90 Å². The van der Waals surface area contributed by atoms with Crippen molar-refractivity contribution >= 4 is 68.8 Å². The zero-order valence-corrected chi connectivity index (χ0v) is 26.4. The van der Waals surface area contributed by atoms with Crippen LogP contribution in [-0.2, 0) is 26.6 Å². The summed E-state index contributed by atoms with van der Waals surface area (Å²) in [4.78, 5) is 16.4. The molecule has 0 N–H and O–H groups in total. The molecule has 1 aliphatic carbocycles. The Morgan fingerprint density at radius 3 is 2.05 bits per heavy atom. The van der Waals surface area contributed by atoms with Gasteiger partial charge in [-0.25, -0.2) is 8.42 Å². The average molecular weight is 632 g/mol. The van der Waals surface area contributed by atoms with Gasteiger partial charge >= 0.3 is 0 Å². The Morgan fingerprint density at radius 1 is 0.949 bits per heavy atom. The van der Waals surface area contributed by atoms with Crippen LogP contribution in [-0.4, -0.2) is 68.0 Å². The van der Waals surface area contributed by atoms with Crippen LogP contribution >= 0.6 is 46.4 Å². The topological polar surface area (TPSA) is 57.7 Å². The van der Waals surface area contributed by atoms with E-state index >= 15 is 0 Å². The molecule has 0 spiro atoms. The van der Waals surface area contributed by atoms with Crippen molar-refractivity contribution in [1.82, 2.24) is 9.21 Å². The number of carbonyl (C=O) groups excluding carboxylic acids is 1. The van der Waals surface area contributed by atoms with Crippen molar-refractivity contribution in [2.75, 3.05) is 25.9 Å². The van der Waals surface area contributed by atoms with Gasteiger partial charge < -0.3 is 9.69 Å². The first kappa shape index (κ1) is 31.1. The minimum absolute atomic E-state index is 0.0538. The van der Waals surface area contributed by atoms with Crippen molar-refractivity contribution in [2.45, 2.75) is 69.7 Å². The molecule has 4 rings (SSSR count). The molecule has 1 aliphatic heterocycles. The summed E-state index contributed by atoms with van der Waals surface area (Å²) in [5, 5.41) is 1.83. The Hall–Kier alpha value is -0.795. The molecule has 0 radical (unpaired) electrons. The number of rotatable bonds is 11. The molecule has 5 nitrogen and oxygen atoms in total. The van der Waals surface area contributed by atoms with E-state index in [9.17, 15) is 13.2 Å². The van der Waals surface area contributed by atoms with Crippen LogP contribution in [0.25, 0.3) is 0 Å². The third-order valence-corrected chi connectivity index (χ3v) is 11.0. The van der Waals surface area contributed by atoms with Gasteiger partial charge in [-0.2, -0.15) is 4.31 Å². The minimum Gasteiger partial charge on any atom is -0.310 e. The Labute approximate surface area is 253 Å². The van der Waals surface area contributed by atoms with Crippen LogP contribution in [0.1, 0.15) is 50.2 Å². The average Bonchev–Trinajstić information content (AvgIpc) is 3.71. The van der Waals surface area contributed by atoms with Gasteiger partial charge in [0, 0.05) is 17.5 Å². The van der Waals surface area contributed by atoms with Crippen LogP contribution in [0.4, 0.5) is 0 Å². The van der Waals surface area contributed by atoms with Gasteiger partial charge in [-0.05, 0) is 94.8 Å². The molecular formula is C28H35BCl4N2O3S. The first-order valence-corrected chi connectivity index (χ1v) is 16.8. The van der Waals surface area contributed by atoms with E-state index in [1.165, 1.54) is 6.26 Å². The molecule has 0 amide bonds. The SMILES string of the molecule is CB(Cc1ccc(Cl)c(Cl)c1)C(=O)C(C)(CCN1CCC(N(C2CC2)S(C)(=O)=O)CC1)c1ccc(Cl)c(Cl)c1. The number of sulfonamides is 1. The highest BCUT2D eigenvalue weighted by molar-refractivity contribution is 7.88. The van der Waals surface area contributed by atoms with Gasteiger partial charge in [-0.3, -0.25) is 0 Å². The van der Waals surface area contributed by atoms with Gasteiger partial charge in [0.1, 0.15) is 5.68 Å². The van der Waals surface area contributed by atoms with Crippen LogP contribution in [0.15, 0.2) is 36.4 Å². The van der Waals surface area contributed by atoms with Crippen molar-refractivity contribution in [3.63, 3.8) is 0 Å². The lowest BCUT2D eigenvalue weighted by molar-refractivity contribution is -0.117. The van der Waals surface area contributed by atoms with Crippen LogP contribution in [0.2, 0.25) is 26.9 Å². The van der Waals surface area contributed by atoms with Gasteiger partial charge in [0.2, 0.25) is 16.7 Å². The largest absolute Gasteiger partial charge is 0.310 e. The summed E-state index contributed by atoms with van der Waals surface area (Å²) in [5.74, 6) is 0. The second-order valence-electron chi connectivity index (χ2n) is 11.3. The van der Waals surface area contributed by atoms with E-state index in [-0.39, 0.29) is 24.5 Å². The summed E-state index contributed by atoms with van der Waals surface area (Å²) in [7, 11) is -3.22. The molecule has 1 saturated carbocycles. The van der Waals surface area contributed by atoms with Crippen LogP contribution in [0.5, 0.6) is 0 Å². The lowest BCUT2D eigenvalue weighted by atomic mass is 9.39. The number of halogens is 4. The van der Waals surface area contributed by atoms with Crippen molar-refractivity contribution < 1.29 is 13.2 Å². The van der Waals surface area contributed by atoms with Gasteiger partial charge in [0.05, 0.1) is 26.3 Å². The maximum atomic E-state index is 14.1. The molecule has 0 aromatic heterocycles. The number of nitrogens with zero attached hydrogens (tertiary/aromatic N) is 2. The molecule has 1 heterocycles. The molecule has 2 aromatic carbocycles. The van der Waals surface area contributed by atoms with E-state index in [1.807, 2.05) is 31.9 Å². The summed E-state index contributed by atoms with van der Waals surface area (Å²) in [6.45, 7) is 5.99. The summed E-state index contributed by atoms with van der Waals surface area (Å²) >= 11 is 24.9. The molecular weight excluding hydrogens is 597 g/mol. The van der Waals surface area contributed by atoms with Crippen LogP contribution < -0.4 is 0 Å². The third-order valence-electron chi connectivity index (χ3n) is 8.21. The Morgan fingerprint density at radius 2 is 1.51 bits per heavy atom. The monoisotopic (exact) mass is 630 g/mol. The second kappa shape index (κ2) is 12.6. The number of hydrogen-bond acceptors (Lipinski definition) is 4. The van der Waals surface area contributed by atoms with Gasteiger partial charge in [-0.1, -0.05) is 70.9 Å². The number of benzene rings is 2. The number of carbonyl (C=O) groups is 1. The highest BCUT2D eigenvalue weighted by Crippen LogP contribution is 2.37. The fraction of sp³-hybridized carbons (Fsp3) is 0.536. The molecule has 212 valence electrons. The molecule has 1 atom stereocenters. The predicted octanol–water partition coefficient (Wildman–Crippen LogP) is 6.85. The van der Waals surface area contributed by atoms with Crippen molar-refractivity contribution in [1.29, 1.82) is 0 Å². The van der Waals surface area contributed by atoms with E-state index in [0.717, 1.165) is 56.4 Å². The van der Waals surface area contributed by atoms with E-state index in [0.29, 0.717) is 32.8 Å². The van der Waals surface area contributed by atoms with Crippen LogP contribution in [0, 0.1) is 0 Å². The summed E-state index contributed by atoms with van der Waals surface area (Å²) in [6, 6.07) is 11.1. The molecule has 1 saturated heterocycles. The van der Waals surface area contributed by atoms with E-state index < -0.39 is 15.4 Å². The van der Waals surface area contributed by atoms with E-state index in [1.54, 1.807) is 22.5 Å². The number of piperidine rings is 1. The van der Waals surface area contributed by atoms with Crippen molar-refractivity contribution in [3.8, 4) is 0 Å². The number of likely N-dealkylation sites (tertiary alicyclic amines) is 1. The van der Waals surface area contributed by atoms with Crippen molar-refractivity contribution in [2.24, 2.45) is 0 Å². The minimum atomic E-state index is -3.22. The Balaban J connectivity index is 1.48. The molecule has 2 aromatic rings. The zero-order valence-electron chi connectivity index (χ0n) is 22.6. The fourth-order valence-electron chi connectivity index (χ4n) is 5.85. The first-order valence-electron chi connectivity index (χ1n) is 13.4. The van der Waals surface area contributed by atoms with Crippen molar-refractivity contribution in [3.05, 3.63) is 67.6 Å². The Kier molecular flexibility index (Phi) is 10.1. The third kappa shape index (κ3) is 7.54. The predicted molar refractivity (Wildman–Crippen MR) is 164 cm³/mol. The van der Waals surface area contributed by atoms with Gasteiger partial charge in [-0.15, -0.1) is 0 Å². The smallest absolute Gasteiger partial charge is 0.225 e. The molecule has 2 aliphatic rings. The van der Waals surface area contributed by atoms with Gasteiger partial charge in [0.15, 0.2) is 0 Å². The van der Waals surface area contributed by atoms with Crippen LogP contribution in [0.3, 0.4) is 0 Å². The lowest BCUT2D eigenvalue weighted by Crippen LogP contribution is -2.49. The maximum Gasteiger partial charge on any atom is 0.225 e. The summed E-state index contributed by atoms with van der Waals surface area (Å²) in [6.07, 6.45) is 5.99. The normalized spacial score (nSPS) is 18.8. The number of hydrogen-bond donors (Lipinski definition) is 0. The zero-order chi connectivity index (χ0) is 28.5. The summed E-state index contributed by atoms with van der Waals surface area (Å²) in [5.41, 5.74) is 1.14. The molecule has 2 fully saturated rings. The second-order valence-corrected chi connectivity index (χ2v) is 14.8.